The fraction of sp³-hybridized carbons (Fsp3) is 0.650. The van der Waals surface area contributed by atoms with Crippen molar-refractivity contribution in [2.75, 3.05) is 26.2 Å². The van der Waals surface area contributed by atoms with Crippen molar-refractivity contribution < 1.29 is 4.79 Å². The van der Waals surface area contributed by atoms with E-state index < -0.39 is 0 Å². The van der Waals surface area contributed by atoms with Crippen molar-refractivity contribution in [3.05, 3.63) is 35.9 Å². The molecule has 0 radical (unpaired) electrons. The molecule has 2 fully saturated rings. The monoisotopic (exact) mass is 329 g/mol. The van der Waals surface area contributed by atoms with Crippen LogP contribution in [0.1, 0.15) is 44.6 Å². The van der Waals surface area contributed by atoms with E-state index in [1.165, 1.54) is 18.4 Å². The molecule has 0 aliphatic carbocycles. The molecule has 1 unspecified atom stereocenters. The van der Waals surface area contributed by atoms with E-state index in [2.05, 4.69) is 46.7 Å². The molecular formula is C20H31N3O. The van der Waals surface area contributed by atoms with Crippen molar-refractivity contribution in [2.45, 2.75) is 51.6 Å². The fourth-order valence-corrected chi connectivity index (χ4v) is 4.07. The van der Waals surface area contributed by atoms with Crippen LogP contribution in [-0.4, -0.2) is 43.0 Å². The number of hydrogen-bond donors (Lipinski definition) is 2. The van der Waals surface area contributed by atoms with Crippen LogP contribution in [0.4, 0.5) is 0 Å². The summed E-state index contributed by atoms with van der Waals surface area (Å²) in [6, 6.07) is 10.4. The smallest absolute Gasteiger partial charge is 0.240 e. The standard InChI is InChI=1S/C20H31N3O/c1-2-3-13-23(15-17-7-5-4-6-8-17)19(24)18-14-20(16-22-18)9-11-21-12-10-20/h4-8,18,21-22H,2-3,9-16H2,1H3. The van der Waals surface area contributed by atoms with Crippen LogP contribution >= 0.6 is 0 Å². The molecule has 24 heavy (non-hydrogen) atoms. The molecule has 1 spiro atoms. The minimum atomic E-state index is 0.00340. The van der Waals surface area contributed by atoms with Crippen LogP contribution in [0.3, 0.4) is 0 Å². The number of rotatable bonds is 6. The molecule has 132 valence electrons. The largest absolute Gasteiger partial charge is 0.337 e. The van der Waals surface area contributed by atoms with Crippen LogP contribution in [0.2, 0.25) is 0 Å². The van der Waals surface area contributed by atoms with Crippen molar-refractivity contribution in [1.29, 1.82) is 0 Å². The average Bonchev–Trinajstić information content (AvgIpc) is 3.03. The molecule has 2 N–H and O–H groups in total. The van der Waals surface area contributed by atoms with E-state index >= 15 is 0 Å². The van der Waals surface area contributed by atoms with Crippen LogP contribution < -0.4 is 10.6 Å². The molecule has 1 atom stereocenters. The molecule has 2 saturated heterocycles. The highest BCUT2D eigenvalue weighted by Crippen LogP contribution is 2.37. The molecule has 1 amide bonds. The zero-order valence-electron chi connectivity index (χ0n) is 14.9. The summed E-state index contributed by atoms with van der Waals surface area (Å²) in [5.74, 6) is 0.294. The maximum absolute atomic E-state index is 13.1. The third kappa shape index (κ3) is 4.17. The summed E-state index contributed by atoms with van der Waals surface area (Å²) in [5.41, 5.74) is 1.56. The van der Waals surface area contributed by atoms with Gasteiger partial charge >= 0.3 is 0 Å². The summed E-state index contributed by atoms with van der Waals surface area (Å²) in [6.45, 7) is 6.95. The van der Waals surface area contributed by atoms with Crippen LogP contribution in [0.25, 0.3) is 0 Å². The number of unbranched alkanes of at least 4 members (excludes halogenated alkanes) is 1. The molecule has 2 aliphatic rings. The highest BCUT2D eigenvalue weighted by Gasteiger charge is 2.43. The van der Waals surface area contributed by atoms with Crippen LogP contribution in [-0.2, 0) is 11.3 Å². The Kier molecular flexibility index (Phi) is 5.90. The van der Waals surface area contributed by atoms with Gasteiger partial charge in [0, 0.05) is 19.6 Å². The van der Waals surface area contributed by atoms with Gasteiger partial charge in [0.05, 0.1) is 6.04 Å². The molecule has 2 heterocycles. The SMILES string of the molecule is CCCCN(Cc1ccccc1)C(=O)C1CC2(CCNCC2)CN1. The van der Waals surface area contributed by atoms with Crippen molar-refractivity contribution in [3.8, 4) is 0 Å². The fourth-order valence-electron chi connectivity index (χ4n) is 4.07. The number of piperidine rings is 1. The predicted molar refractivity (Wildman–Crippen MR) is 97.7 cm³/mol. The molecule has 0 saturated carbocycles. The third-order valence-electron chi connectivity index (χ3n) is 5.63. The first-order valence-corrected chi connectivity index (χ1v) is 9.49. The van der Waals surface area contributed by atoms with Gasteiger partial charge in [0.25, 0.3) is 0 Å². The first-order chi connectivity index (χ1) is 11.7. The first-order valence-electron chi connectivity index (χ1n) is 9.49. The van der Waals surface area contributed by atoms with Gasteiger partial charge in [-0.25, -0.2) is 0 Å². The first kappa shape index (κ1) is 17.4. The maximum atomic E-state index is 13.1. The number of amides is 1. The van der Waals surface area contributed by atoms with Gasteiger partial charge in [-0.05, 0) is 49.8 Å². The van der Waals surface area contributed by atoms with Gasteiger partial charge in [-0.3, -0.25) is 4.79 Å². The number of nitrogens with one attached hydrogen (secondary N) is 2. The molecule has 1 aromatic carbocycles. The van der Waals surface area contributed by atoms with E-state index in [1.807, 2.05) is 6.07 Å². The van der Waals surface area contributed by atoms with Crippen LogP contribution in [0, 0.1) is 5.41 Å². The lowest BCUT2D eigenvalue weighted by atomic mass is 9.77. The highest BCUT2D eigenvalue weighted by molar-refractivity contribution is 5.82. The molecule has 0 aromatic heterocycles. The van der Waals surface area contributed by atoms with E-state index in [-0.39, 0.29) is 6.04 Å². The number of carbonyl (C=O) groups is 1. The Labute approximate surface area is 146 Å². The second kappa shape index (κ2) is 8.13. The number of hydrogen-bond acceptors (Lipinski definition) is 3. The van der Waals surface area contributed by atoms with Gasteiger partial charge in [0.1, 0.15) is 0 Å². The summed E-state index contributed by atoms with van der Waals surface area (Å²) in [7, 11) is 0. The number of benzene rings is 1. The molecule has 2 aliphatic heterocycles. The summed E-state index contributed by atoms with van der Waals surface area (Å²) < 4.78 is 0. The quantitative estimate of drug-likeness (QED) is 0.843. The predicted octanol–water partition coefficient (Wildman–Crippen LogP) is 2.55. The van der Waals surface area contributed by atoms with Gasteiger partial charge in [0.2, 0.25) is 5.91 Å². The van der Waals surface area contributed by atoms with Crippen molar-refractivity contribution in [1.82, 2.24) is 15.5 Å². The number of carbonyl (C=O) groups excluding carboxylic acids is 1. The zero-order chi connectivity index (χ0) is 16.8. The number of nitrogens with zero attached hydrogens (tertiary/aromatic N) is 1. The van der Waals surface area contributed by atoms with E-state index in [0.717, 1.165) is 52.0 Å². The minimum Gasteiger partial charge on any atom is -0.337 e. The van der Waals surface area contributed by atoms with Gasteiger partial charge < -0.3 is 15.5 Å². The molecule has 4 heteroatoms. The second-order valence-electron chi connectivity index (χ2n) is 7.49. The maximum Gasteiger partial charge on any atom is 0.240 e. The topological polar surface area (TPSA) is 44.4 Å². The van der Waals surface area contributed by atoms with E-state index in [4.69, 9.17) is 0 Å². The van der Waals surface area contributed by atoms with E-state index in [1.54, 1.807) is 0 Å². The Morgan fingerprint density at radius 2 is 2.00 bits per heavy atom. The van der Waals surface area contributed by atoms with Gasteiger partial charge in [-0.15, -0.1) is 0 Å². The van der Waals surface area contributed by atoms with Gasteiger partial charge in [-0.1, -0.05) is 43.7 Å². The summed E-state index contributed by atoms with van der Waals surface area (Å²) >= 11 is 0. The van der Waals surface area contributed by atoms with Gasteiger partial charge in [-0.2, -0.15) is 0 Å². The third-order valence-corrected chi connectivity index (χ3v) is 5.63. The van der Waals surface area contributed by atoms with Crippen molar-refractivity contribution in [3.63, 3.8) is 0 Å². The Morgan fingerprint density at radius 3 is 2.71 bits per heavy atom. The van der Waals surface area contributed by atoms with E-state index in [0.29, 0.717) is 11.3 Å². The van der Waals surface area contributed by atoms with E-state index in [9.17, 15) is 4.79 Å². The molecular weight excluding hydrogens is 298 g/mol. The molecule has 3 rings (SSSR count). The lowest BCUT2D eigenvalue weighted by Crippen LogP contribution is -2.43. The summed E-state index contributed by atoms with van der Waals surface area (Å²) in [6.07, 6.45) is 5.58. The lowest BCUT2D eigenvalue weighted by Gasteiger charge is -2.33. The van der Waals surface area contributed by atoms with Crippen molar-refractivity contribution in [2.24, 2.45) is 5.41 Å². The normalized spacial score (nSPS) is 22.6. The van der Waals surface area contributed by atoms with Gasteiger partial charge in [0.15, 0.2) is 0 Å². The average molecular weight is 329 g/mol. The molecule has 0 bridgehead atoms. The second-order valence-corrected chi connectivity index (χ2v) is 7.49. The Balaban J connectivity index is 1.64. The molecule has 1 aromatic rings. The summed E-state index contributed by atoms with van der Waals surface area (Å²) in [5, 5.41) is 6.98. The molecule has 4 nitrogen and oxygen atoms in total. The minimum absolute atomic E-state index is 0.00340. The Morgan fingerprint density at radius 1 is 1.25 bits per heavy atom. The van der Waals surface area contributed by atoms with Crippen molar-refractivity contribution >= 4 is 5.91 Å². The Bertz CT molecular complexity index is 525. The Hall–Kier alpha value is -1.39. The highest BCUT2D eigenvalue weighted by atomic mass is 16.2. The zero-order valence-corrected chi connectivity index (χ0v) is 14.9. The summed E-state index contributed by atoms with van der Waals surface area (Å²) in [4.78, 5) is 15.2. The van der Waals surface area contributed by atoms with Crippen LogP contribution in [0.5, 0.6) is 0 Å². The lowest BCUT2D eigenvalue weighted by molar-refractivity contribution is -0.134. The van der Waals surface area contributed by atoms with Crippen LogP contribution in [0.15, 0.2) is 30.3 Å².